The second-order valence-corrected chi connectivity index (χ2v) is 12.4. The number of amides is 4. The number of likely N-dealkylation sites (tertiary alicyclic amines) is 1. The smallest absolute Gasteiger partial charge is 0.275 e. The summed E-state index contributed by atoms with van der Waals surface area (Å²) in [5.74, 6) is 5.63. The normalized spacial score (nSPS) is 19.4. The number of carbonyl (C=O) groups is 4. The molecule has 4 aromatic rings. The molecule has 0 saturated carbocycles. The van der Waals surface area contributed by atoms with E-state index in [0.29, 0.717) is 42.5 Å². The van der Waals surface area contributed by atoms with Crippen LogP contribution in [0.25, 0.3) is 10.9 Å². The lowest BCUT2D eigenvalue weighted by Crippen LogP contribution is -2.52. The quantitative estimate of drug-likeness (QED) is 0.159. The number of unbranched alkanes of at least 4 members (excludes halogenated alkanes) is 1. The molecule has 2 fully saturated rings. The van der Waals surface area contributed by atoms with Crippen LogP contribution >= 0.6 is 0 Å². The van der Waals surface area contributed by atoms with Crippen LogP contribution in [0.15, 0.2) is 54.9 Å². The lowest BCUT2D eigenvalue weighted by Gasteiger charge is -2.29. The van der Waals surface area contributed by atoms with Crippen LogP contribution in [-0.2, 0) is 22.6 Å². The van der Waals surface area contributed by atoms with Crippen LogP contribution in [0, 0.1) is 11.8 Å². The summed E-state index contributed by atoms with van der Waals surface area (Å²) >= 11 is 0. The van der Waals surface area contributed by atoms with Gasteiger partial charge in [0.15, 0.2) is 0 Å². The van der Waals surface area contributed by atoms with Crippen molar-refractivity contribution in [3.05, 3.63) is 88.5 Å². The van der Waals surface area contributed by atoms with Crippen molar-refractivity contribution in [2.45, 2.75) is 63.6 Å². The third kappa shape index (κ3) is 6.24. The number of aromatic amines is 1. The van der Waals surface area contributed by atoms with Crippen molar-refractivity contribution in [2.75, 3.05) is 18.9 Å². The number of hydrogen-bond acceptors (Lipinski definition) is 7. The molecule has 1 unspecified atom stereocenters. The molecule has 11 heteroatoms. The predicted molar refractivity (Wildman–Crippen MR) is 175 cm³/mol. The minimum atomic E-state index is -0.651. The van der Waals surface area contributed by atoms with Gasteiger partial charge in [0.25, 0.3) is 11.8 Å². The van der Waals surface area contributed by atoms with Crippen molar-refractivity contribution >= 4 is 40.3 Å². The van der Waals surface area contributed by atoms with Gasteiger partial charge >= 0.3 is 0 Å². The van der Waals surface area contributed by atoms with Crippen LogP contribution in [0.1, 0.15) is 87.8 Å². The Morgan fingerprint density at radius 1 is 1.06 bits per heavy atom. The fourth-order valence-corrected chi connectivity index (χ4v) is 6.73. The van der Waals surface area contributed by atoms with Gasteiger partial charge in [0, 0.05) is 66.1 Å². The minimum Gasteiger partial charge on any atom is -0.357 e. The average Bonchev–Trinajstić information content (AvgIpc) is 3.78. The molecule has 0 spiro atoms. The molecular weight excluding hydrogens is 594 g/mol. The van der Waals surface area contributed by atoms with Crippen molar-refractivity contribution in [3.63, 3.8) is 0 Å². The molecule has 3 aromatic heterocycles. The molecule has 238 valence electrons. The van der Waals surface area contributed by atoms with E-state index in [1.165, 1.54) is 17.0 Å². The zero-order valence-corrected chi connectivity index (χ0v) is 26.1. The maximum absolute atomic E-state index is 13.0. The molecule has 7 rings (SSSR count). The summed E-state index contributed by atoms with van der Waals surface area (Å²) in [4.78, 5) is 66.0. The predicted octanol–water partition coefficient (Wildman–Crippen LogP) is 4.11. The van der Waals surface area contributed by atoms with Crippen molar-refractivity contribution in [3.8, 4) is 11.8 Å². The fourth-order valence-electron chi connectivity index (χ4n) is 6.73. The van der Waals surface area contributed by atoms with E-state index in [4.69, 9.17) is 0 Å². The molecule has 0 bridgehead atoms. The molecular formula is C36H35N7O4. The highest BCUT2D eigenvalue weighted by atomic mass is 16.2. The SMILES string of the molecule is CN1CCC[C@@H]1c1cc2cnc(NC(=O)c3ccc(CCCC#Cc4cccc5c4CN(C4CCC(=O)NC4=O)C5=O)cn3)cc2[nH]1. The van der Waals surface area contributed by atoms with Crippen LogP contribution < -0.4 is 10.6 Å². The van der Waals surface area contributed by atoms with Crippen LogP contribution in [-0.4, -0.2) is 68.0 Å². The van der Waals surface area contributed by atoms with Crippen LogP contribution in [0.3, 0.4) is 0 Å². The van der Waals surface area contributed by atoms with E-state index in [9.17, 15) is 19.2 Å². The second-order valence-electron chi connectivity index (χ2n) is 12.4. The maximum atomic E-state index is 13.0. The highest BCUT2D eigenvalue weighted by Gasteiger charge is 2.39. The molecule has 3 aliphatic heterocycles. The number of aryl methyl sites for hydroxylation is 1. The van der Waals surface area contributed by atoms with Crippen molar-refractivity contribution in [1.29, 1.82) is 0 Å². The van der Waals surface area contributed by atoms with Gasteiger partial charge in [-0.05, 0) is 81.1 Å². The topological polar surface area (TPSA) is 140 Å². The number of pyridine rings is 2. The molecule has 2 atom stereocenters. The Balaban J connectivity index is 0.917. The highest BCUT2D eigenvalue weighted by Crippen LogP contribution is 2.32. The van der Waals surface area contributed by atoms with Gasteiger partial charge in [-0.1, -0.05) is 24.0 Å². The zero-order valence-electron chi connectivity index (χ0n) is 26.1. The van der Waals surface area contributed by atoms with Crippen LogP contribution in [0.2, 0.25) is 0 Å². The number of H-pyrrole nitrogens is 1. The van der Waals surface area contributed by atoms with E-state index < -0.39 is 11.9 Å². The summed E-state index contributed by atoms with van der Waals surface area (Å²) in [6.45, 7) is 1.39. The van der Waals surface area contributed by atoms with E-state index >= 15 is 0 Å². The zero-order chi connectivity index (χ0) is 32.5. The maximum Gasteiger partial charge on any atom is 0.275 e. The Labute approximate surface area is 272 Å². The molecule has 3 aliphatic rings. The number of anilines is 1. The highest BCUT2D eigenvalue weighted by molar-refractivity contribution is 6.06. The van der Waals surface area contributed by atoms with E-state index in [-0.39, 0.29) is 24.1 Å². The summed E-state index contributed by atoms with van der Waals surface area (Å²) < 4.78 is 0. The van der Waals surface area contributed by atoms with Gasteiger partial charge in [-0.25, -0.2) is 4.98 Å². The number of aromatic nitrogens is 3. The number of piperidine rings is 1. The van der Waals surface area contributed by atoms with E-state index in [0.717, 1.165) is 53.4 Å². The molecule has 3 N–H and O–H groups in total. The van der Waals surface area contributed by atoms with Crippen molar-refractivity contribution in [2.24, 2.45) is 0 Å². The monoisotopic (exact) mass is 629 g/mol. The fraction of sp³-hybridized carbons (Fsp3) is 0.333. The first-order valence-corrected chi connectivity index (χ1v) is 16.0. The Morgan fingerprint density at radius 3 is 2.74 bits per heavy atom. The summed E-state index contributed by atoms with van der Waals surface area (Å²) in [6.07, 6.45) is 8.55. The first kappa shape index (κ1) is 30.3. The van der Waals surface area contributed by atoms with E-state index in [2.05, 4.69) is 55.4 Å². The standard InChI is InChI=1S/C36H35N7O4/c1-42-16-6-11-30(42)29-17-24-20-38-32(18-28(24)39-29)40-34(45)27-13-12-22(19-37-27)7-3-2-4-8-23-9-5-10-25-26(23)21-43(36(25)47)31-14-15-33(44)41-35(31)46/h5,9-10,12-13,17-20,30-31,39H,2-3,6-7,11,14-16,21H2,1H3,(H,38,40,45)(H,41,44,46)/t30-,31?/m1/s1. The largest absolute Gasteiger partial charge is 0.357 e. The van der Waals surface area contributed by atoms with Crippen molar-refractivity contribution in [1.82, 2.24) is 30.1 Å². The lowest BCUT2D eigenvalue weighted by atomic mass is 10.0. The van der Waals surface area contributed by atoms with Crippen molar-refractivity contribution < 1.29 is 19.2 Å². The third-order valence-electron chi connectivity index (χ3n) is 9.28. The number of fused-ring (bicyclic) bond motifs is 2. The molecule has 0 radical (unpaired) electrons. The Morgan fingerprint density at radius 2 is 1.96 bits per heavy atom. The number of nitrogens with one attached hydrogen (secondary N) is 3. The van der Waals surface area contributed by atoms with Gasteiger partial charge in [0.05, 0.1) is 5.52 Å². The molecule has 6 heterocycles. The summed E-state index contributed by atoms with van der Waals surface area (Å²) in [7, 11) is 2.14. The number of rotatable bonds is 7. The average molecular weight is 630 g/mol. The van der Waals surface area contributed by atoms with Gasteiger partial charge in [0.1, 0.15) is 17.6 Å². The number of hydrogen-bond donors (Lipinski definition) is 3. The Bertz CT molecular complexity index is 1960. The van der Waals surface area contributed by atoms with E-state index in [1.807, 2.05) is 18.2 Å². The Hall–Kier alpha value is -5.34. The first-order valence-electron chi connectivity index (χ1n) is 16.0. The lowest BCUT2D eigenvalue weighted by molar-refractivity contribution is -0.136. The molecule has 2 saturated heterocycles. The third-order valence-corrected chi connectivity index (χ3v) is 9.28. The summed E-state index contributed by atoms with van der Waals surface area (Å²) in [5.41, 5.74) is 5.58. The second kappa shape index (κ2) is 12.8. The molecule has 11 nitrogen and oxygen atoms in total. The number of benzene rings is 1. The van der Waals surface area contributed by atoms with Gasteiger partial charge in [0.2, 0.25) is 11.8 Å². The van der Waals surface area contributed by atoms with E-state index in [1.54, 1.807) is 30.6 Å². The molecule has 4 amide bonds. The molecule has 1 aromatic carbocycles. The first-order chi connectivity index (χ1) is 22.8. The summed E-state index contributed by atoms with van der Waals surface area (Å²) in [5, 5.41) is 6.21. The molecule has 0 aliphatic carbocycles. The minimum absolute atomic E-state index is 0.207. The number of nitrogens with zero attached hydrogens (tertiary/aromatic N) is 4. The number of imide groups is 1. The van der Waals surface area contributed by atoms with Gasteiger partial charge in [-0.3, -0.25) is 34.4 Å². The number of carbonyl (C=O) groups excluding carboxylic acids is 4. The van der Waals surface area contributed by atoms with Crippen LogP contribution in [0.4, 0.5) is 5.82 Å². The van der Waals surface area contributed by atoms with Gasteiger partial charge in [-0.15, -0.1) is 0 Å². The van der Waals surface area contributed by atoms with Crippen LogP contribution in [0.5, 0.6) is 0 Å². The Kier molecular flexibility index (Phi) is 8.26. The summed E-state index contributed by atoms with van der Waals surface area (Å²) in [6, 6.07) is 12.8. The van der Waals surface area contributed by atoms with Gasteiger partial charge < -0.3 is 15.2 Å². The molecule has 47 heavy (non-hydrogen) atoms. The van der Waals surface area contributed by atoms with Gasteiger partial charge in [-0.2, -0.15) is 0 Å².